The van der Waals surface area contributed by atoms with Gasteiger partial charge in [-0.25, -0.2) is 0 Å². The average Bonchev–Trinajstić information content (AvgIpc) is 2.49. The van der Waals surface area contributed by atoms with Gasteiger partial charge in [0.1, 0.15) is 0 Å². The lowest BCUT2D eigenvalue weighted by atomic mass is 10.1. The van der Waals surface area contributed by atoms with E-state index in [1.807, 2.05) is 22.6 Å². The molecule has 0 spiro atoms. The highest BCUT2D eigenvalue weighted by Gasteiger charge is 2.31. The van der Waals surface area contributed by atoms with Gasteiger partial charge in [0.2, 0.25) is 0 Å². The van der Waals surface area contributed by atoms with Gasteiger partial charge in [0, 0.05) is 16.2 Å². The quantitative estimate of drug-likeness (QED) is 0.707. The monoisotopic (exact) mass is 435 g/mol. The maximum atomic E-state index is 12.8. The SMILES string of the molecule is COCc1cccc(C(=O)Nc2cc(C(F)(F)F)ccc2I)c1. The lowest BCUT2D eigenvalue weighted by Crippen LogP contribution is -2.14. The molecular weight excluding hydrogens is 422 g/mol. The third-order valence-corrected chi connectivity index (χ3v) is 3.98. The van der Waals surface area contributed by atoms with Gasteiger partial charge in [0.05, 0.1) is 17.9 Å². The zero-order valence-corrected chi connectivity index (χ0v) is 14.2. The molecule has 2 aromatic carbocycles. The van der Waals surface area contributed by atoms with E-state index in [0.29, 0.717) is 15.7 Å². The van der Waals surface area contributed by atoms with Gasteiger partial charge >= 0.3 is 6.18 Å². The summed E-state index contributed by atoms with van der Waals surface area (Å²) in [5.41, 5.74) is 0.482. The van der Waals surface area contributed by atoms with Crippen molar-refractivity contribution >= 4 is 34.2 Å². The Morgan fingerprint density at radius 3 is 2.61 bits per heavy atom. The Balaban J connectivity index is 2.25. The van der Waals surface area contributed by atoms with Crippen LogP contribution in [0, 0.1) is 3.57 Å². The lowest BCUT2D eigenvalue weighted by Gasteiger charge is -2.12. The zero-order chi connectivity index (χ0) is 17.0. The summed E-state index contributed by atoms with van der Waals surface area (Å²) in [5, 5.41) is 2.52. The Kier molecular flexibility index (Phi) is 5.64. The van der Waals surface area contributed by atoms with Crippen molar-refractivity contribution in [2.45, 2.75) is 12.8 Å². The Labute approximate surface area is 145 Å². The van der Waals surface area contributed by atoms with Gasteiger partial charge in [-0.15, -0.1) is 0 Å². The molecule has 0 aromatic heterocycles. The van der Waals surface area contributed by atoms with Crippen molar-refractivity contribution in [2.75, 3.05) is 12.4 Å². The summed E-state index contributed by atoms with van der Waals surface area (Å²) in [6.07, 6.45) is -4.46. The van der Waals surface area contributed by atoms with Crippen molar-refractivity contribution in [3.63, 3.8) is 0 Å². The van der Waals surface area contributed by atoms with Gasteiger partial charge in [0.25, 0.3) is 5.91 Å². The van der Waals surface area contributed by atoms with Gasteiger partial charge in [0.15, 0.2) is 0 Å². The van der Waals surface area contributed by atoms with Gasteiger partial charge in [-0.2, -0.15) is 13.2 Å². The van der Waals surface area contributed by atoms with Crippen LogP contribution in [0.25, 0.3) is 0 Å². The number of ether oxygens (including phenoxy) is 1. The number of rotatable bonds is 4. The van der Waals surface area contributed by atoms with E-state index in [9.17, 15) is 18.0 Å². The van der Waals surface area contributed by atoms with E-state index in [4.69, 9.17) is 4.74 Å². The number of anilines is 1. The Morgan fingerprint density at radius 1 is 1.22 bits per heavy atom. The zero-order valence-electron chi connectivity index (χ0n) is 12.1. The molecule has 7 heteroatoms. The van der Waals surface area contributed by atoms with Crippen LogP contribution in [-0.2, 0) is 17.5 Å². The molecule has 1 N–H and O–H groups in total. The van der Waals surface area contributed by atoms with E-state index < -0.39 is 17.6 Å². The third kappa shape index (κ3) is 4.68. The van der Waals surface area contributed by atoms with Crippen LogP contribution in [0.2, 0.25) is 0 Å². The van der Waals surface area contributed by atoms with Crippen LogP contribution < -0.4 is 5.32 Å². The average molecular weight is 435 g/mol. The standard InChI is InChI=1S/C16H13F3INO2/c1-23-9-10-3-2-4-11(7-10)15(22)21-14-8-12(16(17,18)19)5-6-13(14)20/h2-8H,9H2,1H3,(H,21,22). The number of halogens is 4. The largest absolute Gasteiger partial charge is 0.416 e. The summed E-state index contributed by atoms with van der Waals surface area (Å²) < 4.78 is 43.8. The number of hydrogen-bond donors (Lipinski definition) is 1. The number of carbonyl (C=O) groups is 1. The molecule has 0 bridgehead atoms. The molecule has 23 heavy (non-hydrogen) atoms. The topological polar surface area (TPSA) is 38.3 Å². The lowest BCUT2D eigenvalue weighted by molar-refractivity contribution is -0.137. The van der Waals surface area contributed by atoms with Crippen molar-refractivity contribution in [3.8, 4) is 0 Å². The summed E-state index contributed by atoms with van der Waals surface area (Å²) in [6, 6.07) is 9.96. The maximum absolute atomic E-state index is 12.8. The van der Waals surface area contributed by atoms with Crippen LogP contribution >= 0.6 is 22.6 Å². The summed E-state index contributed by atoms with van der Waals surface area (Å²) in [4.78, 5) is 12.2. The first-order chi connectivity index (χ1) is 10.8. The number of benzene rings is 2. The van der Waals surface area contributed by atoms with E-state index in [-0.39, 0.29) is 5.69 Å². The summed E-state index contributed by atoms with van der Waals surface area (Å²) in [6.45, 7) is 0.349. The van der Waals surface area contributed by atoms with E-state index in [1.165, 1.54) is 13.2 Å². The van der Waals surface area contributed by atoms with Gasteiger partial charge in [-0.1, -0.05) is 12.1 Å². The van der Waals surface area contributed by atoms with E-state index >= 15 is 0 Å². The smallest absolute Gasteiger partial charge is 0.380 e. The van der Waals surface area contributed by atoms with Gasteiger partial charge < -0.3 is 10.1 Å². The predicted octanol–water partition coefficient (Wildman–Crippen LogP) is 4.71. The number of nitrogens with one attached hydrogen (secondary N) is 1. The molecule has 0 saturated heterocycles. The molecule has 0 heterocycles. The molecule has 0 aliphatic heterocycles. The minimum absolute atomic E-state index is 0.127. The fourth-order valence-corrected chi connectivity index (χ4v) is 2.43. The molecular formula is C16H13F3INO2. The Hall–Kier alpha value is -1.61. The first-order valence-corrected chi connectivity index (χ1v) is 7.65. The maximum Gasteiger partial charge on any atom is 0.416 e. The van der Waals surface area contributed by atoms with Crippen LogP contribution in [-0.4, -0.2) is 13.0 Å². The number of carbonyl (C=O) groups excluding carboxylic acids is 1. The fourth-order valence-electron chi connectivity index (χ4n) is 1.96. The molecule has 0 fully saturated rings. The normalized spacial score (nSPS) is 11.3. The predicted molar refractivity (Wildman–Crippen MR) is 89.3 cm³/mol. The summed E-state index contributed by atoms with van der Waals surface area (Å²) in [7, 11) is 1.54. The van der Waals surface area contributed by atoms with Crippen molar-refractivity contribution in [3.05, 3.63) is 62.7 Å². The highest BCUT2D eigenvalue weighted by molar-refractivity contribution is 14.1. The second-order valence-electron chi connectivity index (χ2n) is 4.78. The highest BCUT2D eigenvalue weighted by Crippen LogP contribution is 2.32. The van der Waals surface area contributed by atoms with Gasteiger partial charge in [-0.3, -0.25) is 4.79 Å². The third-order valence-electron chi connectivity index (χ3n) is 3.04. The minimum atomic E-state index is -4.46. The second kappa shape index (κ2) is 7.31. The summed E-state index contributed by atoms with van der Waals surface area (Å²) >= 11 is 1.88. The first-order valence-electron chi connectivity index (χ1n) is 6.57. The Bertz CT molecular complexity index is 717. The molecule has 0 aliphatic carbocycles. The van der Waals surface area contributed by atoms with Gasteiger partial charge in [-0.05, 0) is 58.5 Å². The number of hydrogen-bond acceptors (Lipinski definition) is 2. The minimum Gasteiger partial charge on any atom is -0.380 e. The van der Waals surface area contributed by atoms with Crippen molar-refractivity contribution < 1.29 is 22.7 Å². The molecule has 0 radical (unpaired) electrons. The van der Waals surface area contributed by atoms with E-state index in [2.05, 4.69) is 5.32 Å². The Morgan fingerprint density at radius 2 is 1.96 bits per heavy atom. The second-order valence-corrected chi connectivity index (χ2v) is 5.94. The van der Waals surface area contributed by atoms with Crippen molar-refractivity contribution in [1.82, 2.24) is 0 Å². The fraction of sp³-hybridized carbons (Fsp3) is 0.188. The molecule has 2 rings (SSSR count). The molecule has 1 amide bonds. The number of alkyl halides is 3. The molecule has 122 valence electrons. The van der Waals surface area contributed by atoms with E-state index in [1.54, 1.807) is 24.3 Å². The molecule has 0 atom stereocenters. The van der Waals surface area contributed by atoms with Crippen molar-refractivity contribution in [1.29, 1.82) is 0 Å². The molecule has 0 aliphatic rings. The van der Waals surface area contributed by atoms with Crippen molar-refractivity contribution in [2.24, 2.45) is 0 Å². The van der Waals surface area contributed by atoms with Crippen LogP contribution in [0.4, 0.5) is 18.9 Å². The summed E-state index contributed by atoms with van der Waals surface area (Å²) in [5.74, 6) is -0.472. The van der Waals surface area contributed by atoms with Crippen LogP contribution in [0.5, 0.6) is 0 Å². The van der Waals surface area contributed by atoms with Crippen LogP contribution in [0.3, 0.4) is 0 Å². The first kappa shape index (κ1) is 17.7. The van der Waals surface area contributed by atoms with E-state index in [0.717, 1.165) is 17.7 Å². The molecule has 0 saturated carbocycles. The number of amides is 1. The highest BCUT2D eigenvalue weighted by atomic mass is 127. The molecule has 3 nitrogen and oxygen atoms in total. The molecule has 2 aromatic rings. The van der Waals surface area contributed by atoms with Crippen LogP contribution in [0.1, 0.15) is 21.5 Å². The number of methoxy groups -OCH3 is 1. The van der Waals surface area contributed by atoms with Crippen LogP contribution in [0.15, 0.2) is 42.5 Å². The molecule has 0 unspecified atom stereocenters.